The van der Waals surface area contributed by atoms with E-state index in [2.05, 4.69) is 0 Å². The van der Waals surface area contributed by atoms with E-state index in [4.69, 9.17) is 11.6 Å². The molecule has 0 fully saturated rings. The molecule has 150 valence electrons. The van der Waals surface area contributed by atoms with Crippen molar-refractivity contribution < 1.29 is 18.0 Å². The lowest BCUT2D eigenvalue weighted by Gasteiger charge is -2.20. The van der Waals surface area contributed by atoms with Crippen LogP contribution in [0.15, 0.2) is 65.6 Å². The summed E-state index contributed by atoms with van der Waals surface area (Å²) in [5.74, 6) is -0.547. The van der Waals surface area contributed by atoms with Crippen molar-refractivity contribution in [2.45, 2.75) is 12.7 Å². The van der Waals surface area contributed by atoms with E-state index in [0.29, 0.717) is 16.3 Å². The fraction of sp³-hybridized carbons (Fsp3) is 0.0909. The summed E-state index contributed by atoms with van der Waals surface area (Å²) in [5.41, 5.74) is -0.812. The van der Waals surface area contributed by atoms with E-state index in [1.807, 2.05) is 0 Å². The molecule has 0 N–H and O–H groups in total. The third-order valence-electron chi connectivity index (χ3n) is 5.24. The number of nitrogens with zero attached hydrogens (tertiary/aromatic N) is 2. The number of carbonyl (C=O) groups is 1. The van der Waals surface area contributed by atoms with Crippen LogP contribution >= 0.6 is 11.6 Å². The lowest BCUT2D eigenvalue weighted by molar-refractivity contribution is -0.136. The summed E-state index contributed by atoms with van der Waals surface area (Å²) in [4.78, 5) is 26.0. The SMILES string of the molecule is O=C1c2c(n(Cc3cccc(Cl)c3)c3c(C(F)(F)F)cccc3c2=O)-c2cccn21. The number of fused-ring (bicyclic) bond motifs is 4. The van der Waals surface area contributed by atoms with Crippen LogP contribution in [0.25, 0.3) is 22.3 Å². The van der Waals surface area contributed by atoms with Crippen LogP contribution in [0.2, 0.25) is 5.02 Å². The second-order valence-corrected chi connectivity index (χ2v) is 7.47. The first-order chi connectivity index (χ1) is 14.3. The number of halogens is 4. The molecule has 1 aliphatic heterocycles. The van der Waals surface area contributed by atoms with Gasteiger partial charge >= 0.3 is 6.18 Å². The van der Waals surface area contributed by atoms with Gasteiger partial charge in [0.1, 0.15) is 5.56 Å². The van der Waals surface area contributed by atoms with Crippen LogP contribution in [-0.4, -0.2) is 15.0 Å². The smallest absolute Gasteiger partial charge is 0.333 e. The molecule has 0 spiro atoms. The Morgan fingerprint density at radius 3 is 2.47 bits per heavy atom. The fourth-order valence-corrected chi connectivity index (χ4v) is 4.26. The maximum atomic E-state index is 13.9. The first-order valence-electron chi connectivity index (χ1n) is 9.01. The van der Waals surface area contributed by atoms with Gasteiger partial charge in [0, 0.05) is 23.2 Å². The van der Waals surface area contributed by atoms with Gasteiger partial charge < -0.3 is 4.57 Å². The summed E-state index contributed by atoms with van der Waals surface area (Å²) >= 11 is 6.06. The van der Waals surface area contributed by atoms with Crippen LogP contribution in [0.5, 0.6) is 0 Å². The maximum absolute atomic E-state index is 13.9. The Labute approximate surface area is 172 Å². The zero-order chi connectivity index (χ0) is 21.2. The van der Waals surface area contributed by atoms with Crippen molar-refractivity contribution in [3.05, 3.63) is 92.7 Å². The second kappa shape index (κ2) is 6.34. The topological polar surface area (TPSA) is 44.0 Å². The molecule has 4 aromatic rings. The van der Waals surface area contributed by atoms with Crippen LogP contribution in [0, 0.1) is 0 Å². The third-order valence-corrected chi connectivity index (χ3v) is 5.48. The Balaban J connectivity index is 1.95. The van der Waals surface area contributed by atoms with Gasteiger partial charge in [0.15, 0.2) is 0 Å². The summed E-state index contributed by atoms with van der Waals surface area (Å²) in [6.45, 7) is 0.00519. The summed E-state index contributed by atoms with van der Waals surface area (Å²) in [5, 5.41) is 0.287. The van der Waals surface area contributed by atoms with Crippen molar-refractivity contribution in [2.24, 2.45) is 0 Å². The van der Waals surface area contributed by atoms with Gasteiger partial charge in [-0.05, 0) is 42.0 Å². The normalized spacial score (nSPS) is 13.0. The number of carbonyl (C=O) groups excluding carboxylic acids is 1. The molecule has 2 aromatic heterocycles. The lowest BCUT2D eigenvalue weighted by Crippen LogP contribution is -2.22. The van der Waals surface area contributed by atoms with E-state index in [1.54, 1.807) is 36.4 Å². The standard InChI is InChI=1S/C22H12ClF3N2O2/c23-13-5-1-4-12(10-13)11-28-18-14(6-2-7-15(18)22(24,25)26)20(29)17-19(28)16-8-3-9-27(16)21(17)30/h1-10H,11H2. The lowest BCUT2D eigenvalue weighted by atomic mass is 10.0. The highest BCUT2D eigenvalue weighted by Crippen LogP contribution is 2.39. The molecule has 0 bridgehead atoms. The Hall–Kier alpha value is -3.32. The van der Waals surface area contributed by atoms with Gasteiger partial charge in [-0.25, -0.2) is 0 Å². The van der Waals surface area contributed by atoms with Gasteiger partial charge in [0.05, 0.1) is 22.5 Å². The molecular weight excluding hydrogens is 417 g/mol. The first-order valence-corrected chi connectivity index (χ1v) is 9.39. The summed E-state index contributed by atoms with van der Waals surface area (Å²) < 4.78 is 44.3. The number of hydrogen-bond donors (Lipinski definition) is 0. The Kier molecular flexibility index (Phi) is 3.95. The molecule has 4 nitrogen and oxygen atoms in total. The van der Waals surface area contributed by atoms with E-state index in [9.17, 15) is 22.8 Å². The first kappa shape index (κ1) is 18.7. The average molecular weight is 429 g/mol. The van der Waals surface area contributed by atoms with Crippen LogP contribution in [0.4, 0.5) is 13.2 Å². The van der Waals surface area contributed by atoms with Gasteiger partial charge in [-0.15, -0.1) is 0 Å². The molecule has 5 rings (SSSR count). The minimum Gasteiger partial charge on any atom is -0.333 e. The molecule has 2 aromatic carbocycles. The quantitative estimate of drug-likeness (QED) is 0.388. The Morgan fingerprint density at radius 1 is 0.967 bits per heavy atom. The molecule has 30 heavy (non-hydrogen) atoms. The highest BCUT2D eigenvalue weighted by atomic mass is 35.5. The molecular formula is C22H12ClF3N2O2. The van der Waals surface area contributed by atoms with Crippen molar-refractivity contribution in [2.75, 3.05) is 0 Å². The molecule has 1 aliphatic rings. The third kappa shape index (κ3) is 2.62. The van der Waals surface area contributed by atoms with E-state index >= 15 is 0 Å². The maximum Gasteiger partial charge on any atom is 0.418 e. The fourth-order valence-electron chi connectivity index (χ4n) is 4.05. The molecule has 0 saturated heterocycles. The number of para-hydroxylation sites is 1. The van der Waals surface area contributed by atoms with E-state index in [1.165, 1.54) is 27.5 Å². The van der Waals surface area contributed by atoms with Crippen LogP contribution in [0.1, 0.15) is 21.5 Å². The van der Waals surface area contributed by atoms with Gasteiger partial charge in [0.25, 0.3) is 5.91 Å². The number of aromatic nitrogens is 2. The van der Waals surface area contributed by atoms with Crippen LogP contribution in [0.3, 0.4) is 0 Å². The monoisotopic (exact) mass is 428 g/mol. The molecule has 0 atom stereocenters. The summed E-state index contributed by atoms with van der Waals surface area (Å²) in [6, 6.07) is 13.4. The molecule has 0 unspecified atom stereocenters. The Morgan fingerprint density at radius 2 is 1.73 bits per heavy atom. The van der Waals surface area contributed by atoms with Crippen LogP contribution in [-0.2, 0) is 12.7 Å². The van der Waals surface area contributed by atoms with Crippen molar-refractivity contribution in [1.29, 1.82) is 0 Å². The summed E-state index contributed by atoms with van der Waals surface area (Å²) in [6.07, 6.45) is -3.18. The minimum atomic E-state index is -4.68. The van der Waals surface area contributed by atoms with Crippen molar-refractivity contribution in [1.82, 2.24) is 9.13 Å². The molecule has 0 radical (unpaired) electrons. The van der Waals surface area contributed by atoms with E-state index in [0.717, 1.165) is 6.07 Å². The molecule has 0 saturated carbocycles. The number of alkyl halides is 3. The predicted molar refractivity (Wildman–Crippen MR) is 107 cm³/mol. The predicted octanol–water partition coefficient (Wildman–Crippen LogP) is 5.19. The zero-order valence-corrected chi connectivity index (χ0v) is 16.0. The zero-order valence-electron chi connectivity index (χ0n) is 15.2. The van der Waals surface area contributed by atoms with Crippen molar-refractivity contribution >= 4 is 28.4 Å². The molecule has 8 heteroatoms. The van der Waals surface area contributed by atoms with E-state index < -0.39 is 23.1 Å². The number of benzene rings is 2. The van der Waals surface area contributed by atoms with Crippen molar-refractivity contribution in [3.63, 3.8) is 0 Å². The molecule has 3 heterocycles. The highest BCUT2D eigenvalue weighted by molar-refractivity contribution is 6.30. The highest BCUT2D eigenvalue weighted by Gasteiger charge is 2.38. The van der Waals surface area contributed by atoms with Crippen LogP contribution < -0.4 is 5.43 Å². The summed E-state index contributed by atoms with van der Waals surface area (Å²) in [7, 11) is 0. The number of pyridine rings is 1. The van der Waals surface area contributed by atoms with Gasteiger partial charge in [-0.3, -0.25) is 14.2 Å². The number of hydrogen-bond acceptors (Lipinski definition) is 2. The largest absolute Gasteiger partial charge is 0.418 e. The molecule has 0 aliphatic carbocycles. The van der Waals surface area contributed by atoms with Gasteiger partial charge in [-0.1, -0.05) is 29.8 Å². The average Bonchev–Trinajstić information content (AvgIpc) is 3.27. The minimum absolute atomic E-state index is 0.00519. The van der Waals surface area contributed by atoms with Crippen molar-refractivity contribution in [3.8, 4) is 11.4 Å². The second-order valence-electron chi connectivity index (χ2n) is 7.04. The van der Waals surface area contributed by atoms with Gasteiger partial charge in [0.2, 0.25) is 5.43 Å². The van der Waals surface area contributed by atoms with Gasteiger partial charge in [-0.2, -0.15) is 13.2 Å². The van der Waals surface area contributed by atoms with E-state index in [-0.39, 0.29) is 28.7 Å². The Bertz CT molecular complexity index is 1420. The molecule has 0 amide bonds. The number of rotatable bonds is 2.